The Balaban J connectivity index is 1.84. The highest BCUT2D eigenvalue weighted by atomic mass is 16.5. The van der Waals surface area contributed by atoms with E-state index in [9.17, 15) is 4.79 Å². The van der Waals surface area contributed by atoms with Crippen molar-refractivity contribution in [2.45, 2.75) is 25.8 Å². The molecule has 2 N–H and O–H groups in total. The van der Waals surface area contributed by atoms with Gasteiger partial charge in [0.05, 0.1) is 18.5 Å². The fourth-order valence-electron chi connectivity index (χ4n) is 2.84. The number of methoxy groups -OCH3 is 1. The number of rotatable bonds is 3. The van der Waals surface area contributed by atoms with Gasteiger partial charge < -0.3 is 15.4 Å². The van der Waals surface area contributed by atoms with Gasteiger partial charge in [0, 0.05) is 19.1 Å². The molecule has 0 saturated carbocycles. The molecule has 1 amide bonds. The predicted octanol–water partition coefficient (Wildman–Crippen LogP) is 1.15. The lowest BCUT2D eigenvalue weighted by molar-refractivity contribution is 0.0702. The van der Waals surface area contributed by atoms with Crippen molar-refractivity contribution in [3.63, 3.8) is 0 Å². The highest BCUT2D eigenvalue weighted by Gasteiger charge is 2.26. The summed E-state index contributed by atoms with van der Waals surface area (Å²) in [6, 6.07) is 7.50. The maximum atomic E-state index is 12.6. The first kappa shape index (κ1) is 15.5. The van der Waals surface area contributed by atoms with Crippen molar-refractivity contribution < 1.29 is 9.53 Å². The molecule has 2 aromatic rings. The van der Waals surface area contributed by atoms with Crippen LogP contribution in [0.3, 0.4) is 0 Å². The second-order valence-corrected chi connectivity index (χ2v) is 5.79. The Morgan fingerprint density at radius 3 is 2.74 bits per heavy atom. The van der Waals surface area contributed by atoms with Crippen LogP contribution in [0.5, 0.6) is 5.75 Å². The van der Waals surface area contributed by atoms with E-state index in [1.165, 1.54) is 0 Å². The van der Waals surface area contributed by atoms with Gasteiger partial charge in [-0.3, -0.25) is 4.79 Å². The van der Waals surface area contributed by atoms with Crippen LogP contribution in [-0.4, -0.2) is 52.0 Å². The van der Waals surface area contributed by atoms with E-state index in [0.29, 0.717) is 12.2 Å². The lowest BCUT2D eigenvalue weighted by Crippen LogP contribution is -2.46. The largest absolute Gasteiger partial charge is 0.497 e. The number of carbonyl (C=O) groups is 1. The van der Waals surface area contributed by atoms with Crippen LogP contribution in [0.2, 0.25) is 0 Å². The molecule has 1 aromatic carbocycles. The second kappa shape index (κ2) is 6.37. The van der Waals surface area contributed by atoms with E-state index in [1.807, 2.05) is 31.2 Å². The fraction of sp³-hybridized carbons (Fsp3) is 0.438. The first-order chi connectivity index (χ1) is 11.1. The van der Waals surface area contributed by atoms with Crippen LogP contribution in [0, 0.1) is 6.92 Å². The number of piperidine rings is 1. The minimum atomic E-state index is -0.0996. The number of aromatic nitrogens is 3. The number of likely N-dealkylation sites (tertiary alicyclic amines) is 1. The van der Waals surface area contributed by atoms with Crippen molar-refractivity contribution in [1.82, 2.24) is 19.9 Å². The molecular weight excluding hydrogens is 294 g/mol. The second-order valence-electron chi connectivity index (χ2n) is 5.79. The molecule has 0 spiro atoms. The minimum Gasteiger partial charge on any atom is -0.497 e. The molecular formula is C16H21N5O2. The molecule has 1 aliphatic heterocycles. The zero-order chi connectivity index (χ0) is 16.4. The Bertz CT molecular complexity index is 695. The zero-order valence-corrected chi connectivity index (χ0v) is 13.4. The summed E-state index contributed by atoms with van der Waals surface area (Å²) in [5, 5.41) is 8.21. The maximum Gasteiger partial charge on any atom is 0.276 e. The molecule has 1 atom stereocenters. The van der Waals surface area contributed by atoms with Crippen molar-refractivity contribution in [1.29, 1.82) is 0 Å². The smallest absolute Gasteiger partial charge is 0.276 e. The van der Waals surface area contributed by atoms with Crippen molar-refractivity contribution in [2.24, 2.45) is 5.73 Å². The number of benzene rings is 1. The molecule has 7 heteroatoms. The number of nitrogens with zero attached hydrogens (tertiary/aromatic N) is 4. The quantitative estimate of drug-likeness (QED) is 0.918. The molecule has 0 bridgehead atoms. The molecule has 0 aliphatic carbocycles. The molecule has 3 rings (SSSR count). The molecule has 0 radical (unpaired) electrons. The normalized spacial score (nSPS) is 18.0. The monoisotopic (exact) mass is 315 g/mol. The van der Waals surface area contributed by atoms with E-state index in [4.69, 9.17) is 10.5 Å². The van der Waals surface area contributed by atoms with Crippen molar-refractivity contribution in [3.8, 4) is 11.4 Å². The van der Waals surface area contributed by atoms with E-state index in [1.54, 1.807) is 16.7 Å². The van der Waals surface area contributed by atoms with E-state index in [2.05, 4.69) is 10.3 Å². The maximum absolute atomic E-state index is 12.6. The first-order valence-corrected chi connectivity index (χ1v) is 7.71. The Morgan fingerprint density at radius 2 is 2.09 bits per heavy atom. The summed E-state index contributed by atoms with van der Waals surface area (Å²) >= 11 is 0. The van der Waals surface area contributed by atoms with Crippen molar-refractivity contribution in [3.05, 3.63) is 35.7 Å². The molecule has 23 heavy (non-hydrogen) atoms. The zero-order valence-electron chi connectivity index (χ0n) is 13.4. The van der Waals surface area contributed by atoms with Gasteiger partial charge in [-0.25, -0.2) is 4.68 Å². The van der Waals surface area contributed by atoms with E-state index < -0.39 is 0 Å². The standard InChI is InChI=1S/C16H21N5O2/c1-11-15(16(22)20-9-3-4-12(17)10-20)18-19-21(11)13-5-7-14(23-2)8-6-13/h5-8,12H,3-4,9-10,17H2,1-2H3. The summed E-state index contributed by atoms with van der Waals surface area (Å²) in [7, 11) is 1.62. The van der Waals surface area contributed by atoms with Crippen LogP contribution in [0.25, 0.3) is 5.69 Å². The topological polar surface area (TPSA) is 86.3 Å². The minimum absolute atomic E-state index is 0.0460. The van der Waals surface area contributed by atoms with Gasteiger partial charge >= 0.3 is 0 Å². The predicted molar refractivity (Wildman–Crippen MR) is 85.8 cm³/mol. The Morgan fingerprint density at radius 1 is 1.35 bits per heavy atom. The van der Waals surface area contributed by atoms with Crippen LogP contribution in [0.15, 0.2) is 24.3 Å². The van der Waals surface area contributed by atoms with Gasteiger partial charge in [-0.2, -0.15) is 0 Å². The van der Waals surface area contributed by atoms with Gasteiger partial charge in [-0.05, 0) is 44.0 Å². The summed E-state index contributed by atoms with van der Waals surface area (Å²) in [5.41, 5.74) is 7.90. The van der Waals surface area contributed by atoms with Gasteiger partial charge in [-0.15, -0.1) is 5.10 Å². The SMILES string of the molecule is COc1ccc(-n2nnc(C(=O)N3CCCC(N)C3)c2C)cc1. The lowest BCUT2D eigenvalue weighted by atomic mass is 10.1. The van der Waals surface area contributed by atoms with Gasteiger partial charge in [0.15, 0.2) is 5.69 Å². The van der Waals surface area contributed by atoms with Crippen molar-refractivity contribution >= 4 is 5.91 Å². The Hall–Kier alpha value is -2.41. The number of carbonyl (C=O) groups excluding carboxylic acids is 1. The number of hydrogen-bond donors (Lipinski definition) is 1. The fourth-order valence-corrected chi connectivity index (χ4v) is 2.84. The highest BCUT2D eigenvalue weighted by Crippen LogP contribution is 2.18. The van der Waals surface area contributed by atoms with E-state index >= 15 is 0 Å². The summed E-state index contributed by atoms with van der Waals surface area (Å²) in [5.74, 6) is 0.669. The van der Waals surface area contributed by atoms with E-state index in [-0.39, 0.29) is 11.9 Å². The summed E-state index contributed by atoms with van der Waals surface area (Å²) < 4.78 is 6.81. The van der Waals surface area contributed by atoms with Crippen LogP contribution >= 0.6 is 0 Å². The molecule has 1 unspecified atom stereocenters. The number of hydrogen-bond acceptors (Lipinski definition) is 5. The van der Waals surface area contributed by atoms with Crippen molar-refractivity contribution in [2.75, 3.05) is 20.2 Å². The molecule has 122 valence electrons. The first-order valence-electron chi connectivity index (χ1n) is 7.71. The van der Waals surface area contributed by atoms with Gasteiger partial charge in [0.25, 0.3) is 5.91 Å². The third-order valence-electron chi connectivity index (χ3n) is 4.16. The summed E-state index contributed by atoms with van der Waals surface area (Å²) in [4.78, 5) is 14.4. The number of amides is 1. The van der Waals surface area contributed by atoms with E-state index in [0.717, 1.165) is 36.5 Å². The van der Waals surface area contributed by atoms with Crippen LogP contribution in [0.1, 0.15) is 29.0 Å². The van der Waals surface area contributed by atoms with Gasteiger partial charge in [-0.1, -0.05) is 5.21 Å². The third-order valence-corrected chi connectivity index (χ3v) is 4.16. The molecule has 2 heterocycles. The van der Waals surface area contributed by atoms with Gasteiger partial charge in [0.2, 0.25) is 0 Å². The summed E-state index contributed by atoms with van der Waals surface area (Å²) in [6.45, 7) is 3.15. The average Bonchev–Trinajstić information content (AvgIpc) is 2.96. The molecule has 7 nitrogen and oxygen atoms in total. The summed E-state index contributed by atoms with van der Waals surface area (Å²) in [6.07, 6.45) is 1.89. The highest BCUT2D eigenvalue weighted by molar-refractivity contribution is 5.93. The van der Waals surface area contributed by atoms with Crippen LogP contribution in [-0.2, 0) is 0 Å². The number of nitrogens with two attached hydrogens (primary N) is 1. The Labute approximate surface area is 135 Å². The molecule has 1 aromatic heterocycles. The molecule has 1 saturated heterocycles. The lowest BCUT2D eigenvalue weighted by Gasteiger charge is -2.30. The third kappa shape index (κ3) is 3.05. The van der Waals surface area contributed by atoms with Gasteiger partial charge in [0.1, 0.15) is 5.75 Å². The average molecular weight is 315 g/mol. The van der Waals surface area contributed by atoms with Crippen LogP contribution in [0.4, 0.5) is 0 Å². The molecule has 1 fully saturated rings. The van der Waals surface area contributed by atoms with Crippen LogP contribution < -0.4 is 10.5 Å². The molecule has 1 aliphatic rings. The number of ether oxygens (including phenoxy) is 1. The Kier molecular flexibility index (Phi) is 4.29.